The van der Waals surface area contributed by atoms with Gasteiger partial charge in [-0.3, -0.25) is 0 Å². The van der Waals surface area contributed by atoms with Gasteiger partial charge in [-0.2, -0.15) is 13.2 Å². The Labute approximate surface area is 72.1 Å². The highest BCUT2D eigenvalue weighted by Crippen LogP contribution is 2.30. The molecule has 13 heavy (non-hydrogen) atoms. The van der Waals surface area contributed by atoms with Crippen molar-refractivity contribution < 1.29 is 23.1 Å². The smallest absolute Gasteiger partial charge is 0.404 e. The van der Waals surface area contributed by atoms with Crippen molar-refractivity contribution >= 4 is 6.09 Å². The Kier molecular flexibility index (Phi) is 2.65. The summed E-state index contributed by atoms with van der Waals surface area (Å²) in [6, 6.07) is -1.07. The summed E-state index contributed by atoms with van der Waals surface area (Å²) in [4.78, 5) is 10.1. The third-order valence-corrected chi connectivity index (χ3v) is 1.94. The highest BCUT2D eigenvalue weighted by atomic mass is 19.4. The van der Waals surface area contributed by atoms with Crippen molar-refractivity contribution in [3.8, 4) is 0 Å². The van der Waals surface area contributed by atoms with E-state index in [0.717, 1.165) is 0 Å². The van der Waals surface area contributed by atoms with E-state index < -0.39 is 24.2 Å². The van der Waals surface area contributed by atoms with Gasteiger partial charge >= 0.3 is 12.3 Å². The summed E-state index contributed by atoms with van der Waals surface area (Å²) in [6.45, 7) is -0.203. The van der Waals surface area contributed by atoms with Crippen molar-refractivity contribution in [3.05, 3.63) is 0 Å². The van der Waals surface area contributed by atoms with Crippen LogP contribution in [0, 0.1) is 5.92 Å². The van der Waals surface area contributed by atoms with E-state index in [0.29, 0.717) is 0 Å². The maximum atomic E-state index is 12.2. The molecule has 2 unspecified atom stereocenters. The van der Waals surface area contributed by atoms with E-state index in [-0.39, 0.29) is 13.1 Å². The Balaban J connectivity index is 2.59. The summed E-state index contributed by atoms with van der Waals surface area (Å²) >= 11 is 0. The molecular formula is C6H9F3N2O2. The van der Waals surface area contributed by atoms with Gasteiger partial charge in [-0.1, -0.05) is 0 Å². The van der Waals surface area contributed by atoms with E-state index in [1.807, 2.05) is 5.32 Å². The summed E-state index contributed by atoms with van der Waals surface area (Å²) in [5.41, 5.74) is 0. The lowest BCUT2D eigenvalue weighted by atomic mass is 10.0. The number of rotatable bonds is 1. The van der Waals surface area contributed by atoms with Crippen LogP contribution in [-0.2, 0) is 0 Å². The minimum Gasteiger partial charge on any atom is -0.465 e. The molecule has 1 aliphatic heterocycles. The Hall–Kier alpha value is -0.980. The van der Waals surface area contributed by atoms with Gasteiger partial charge in [0.15, 0.2) is 0 Å². The van der Waals surface area contributed by atoms with E-state index in [2.05, 4.69) is 5.32 Å². The fourth-order valence-electron chi connectivity index (χ4n) is 1.33. The zero-order chi connectivity index (χ0) is 10.1. The molecule has 1 saturated heterocycles. The zero-order valence-electron chi connectivity index (χ0n) is 6.56. The van der Waals surface area contributed by atoms with Crippen molar-refractivity contribution in [3.63, 3.8) is 0 Å². The summed E-state index contributed by atoms with van der Waals surface area (Å²) in [5.74, 6) is -1.62. The molecule has 76 valence electrons. The molecule has 0 saturated carbocycles. The Morgan fingerprint density at radius 1 is 1.46 bits per heavy atom. The van der Waals surface area contributed by atoms with Crippen LogP contribution in [0.5, 0.6) is 0 Å². The number of nitrogens with one attached hydrogen (secondary N) is 2. The Morgan fingerprint density at radius 2 is 2.08 bits per heavy atom. The van der Waals surface area contributed by atoms with Crippen LogP contribution in [0.2, 0.25) is 0 Å². The summed E-state index contributed by atoms with van der Waals surface area (Å²) in [6.07, 6.45) is -5.78. The van der Waals surface area contributed by atoms with Crippen molar-refractivity contribution in [1.29, 1.82) is 0 Å². The number of hydrogen-bond acceptors (Lipinski definition) is 2. The first-order valence-corrected chi connectivity index (χ1v) is 3.68. The van der Waals surface area contributed by atoms with Gasteiger partial charge < -0.3 is 15.7 Å². The summed E-state index contributed by atoms with van der Waals surface area (Å²) in [7, 11) is 0. The third kappa shape index (κ3) is 2.48. The van der Waals surface area contributed by atoms with Crippen molar-refractivity contribution in [2.24, 2.45) is 5.92 Å². The van der Waals surface area contributed by atoms with Crippen LogP contribution in [0.4, 0.5) is 18.0 Å². The fourth-order valence-corrected chi connectivity index (χ4v) is 1.33. The SMILES string of the molecule is O=C(O)NC1CNCC1C(F)(F)F. The van der Waals surface area contributed by atoms with Gasteiger partial charge in [0, 0.05) is 13.1 Å². The predicted molar refractivity (Wildman–Crippen MR) is 37.4 cm³/mol. The quantitative estimate of drug-likeness (QED) is 0.571. The number of halogens is 3. The summed E-state index contributed by atoms with van der Waals surface area (Å²) in [5, 5.41) is 12.6. The molecule has 4 nitrogen and oxygen atoms in total. The van der Waals surface area contributed by atoms with Gasteiger partial charge in [-0.25, -0.2) is 4.79 Å². The fraction of sp³-hybridized carbons (Fsp3) is 0.833. The zero-order valence-corrected chi connectivity index (χ0v) is 6.56. The molecule has 0 radical (unpaired) electrons. The van der Waals surface area contributed by atoms with Gasteiger partial charge in [0.1, 0.15) is 0 Å². The lowest BCUT2D eigenvalue weighted by Crippen LogP contribution is -2.44. The lowest BCUT2D eigenvalue weighted by molar-refractivity contribution is -0.173. The van der Waals surface area contributed by atoms with Crippen LogP contribution in [-0.4, -0.2) is 36.5 Å². The molecular weight excluding hydrogens is 189 g/mol. The molecule has 1 aliphatic rings. The first-order chi connectivity index (χ1) is 5.91. The van der Waals surface area contributed by atoms with Crippen LogP contribution in [0.15, 0.2) is 0 Å². The van der Waals surface area contributed by atoms with Crippen molar-refractivity contribution in [2.75, 3.05) is 13.1 Å². The highest BCUT2D eigenvalue weighted by molar-refractivity contribution is 5.65. The molecule has 0 bridgehead atoms. The first kappa shape index (κ1) is 10.1. The highest BCUT2D eigenvalue weighted by Gasteiger charge is 2.47. The number of alkyl halides is 3. The second-order valence-corrected chi connectivity index (χ2v) is 2.86. The molecule has 0 aromatic heterocycles. The molecule has 0 aromatic rings. The Morgan fingerprint density at radius 3 is 2.54 bits per heavy atom. The minimum atomic E-state index is -4.35. The maximum absolute atomic E-state index is 12.2. The van der Waals surface area contributed by atoms with Crippen LogP contribution < -0.4 is 10.6 Å². The van der Waals surface area contributed by atoms with E-state index in [1.165, 1.54) is 0 Å². The molecule has 1 rings (SSSR count). The standard InChI is InChI=1S/C6H9F3N2O2/c7-6(8,9)3-1-10-2-4(3)11-5(12)13/h3-4,10-11H,1-2H2,(H,12,13). The van der Waals surface area contributed by atoms with Gasteiger partial charge in [0.05, 0.1) is 12.0 Å². The van der Waals surface area contributed by atoms with Gasteiger partial charge in [-0.15, -0.1) is 0 Å². The normalized spacial score (nSPS) is 28.8. The molecule has 0 aliphatic carbocycles. The number of carbonyl (C=O) groups is 1. The molecule has 0 spiro atoms. The van der Waals surface area contributed by atoms with E-state index >= 15 is 0 Å². The average molecular weight is 198 g/mol. The molecule has 2 atom stereocenters. The van der Waals surface area contributed by atoms with Crippen molar-refractivity contribution in [1.82, 2.24) is 10.6 Å². The van der Waals surface area contributed by atoms with E-state index in [4.69, 9.17) is 5.11 Å². The van der Waals surface area contributed by atoms with Crippen LogP contribution in [0.25, 0.3) is 0 Å². The minimum absolute atomic E-state index is 0.0243. The second-order valence-electron chi connectivity index (χ2n) is 2.86. The lowest BCUT2D eigenvalue weighted by Gasteiger charge is -2.20. The van der Waals surface area contributed by atoms with E-state index in [1.54, 1.807) is 0 Å². The first-order valence-electron chi connectivity index (χ1n) is 3.68. The maximum Gasteiger partial charge on any atom is 0.404 e. The number of hydrogen-bond donors (Lipinski definition) is 3. The number of carboxylic acid groups (broad SMARTS) is 1. The number of amides is 1. The predicted octanol–water partition coefficient (Wildman–Crippen LogP) is 0.404. The van der Waals surface area contributed by atoms with Crippen LogP contribution in [0.1, 0.15) is 0 Å². The van der Waals surface area contributed by atoms with Crippen LogP contribution >= 0.6 is 0 Å². The molecule has 7 heteroatoms. The molecule has 3 N–H and O–H groups in total. The van der Waals surface area contributed by atoms with Gasteiger partial charge in [-0.05, 0) is 0 Å². The molecule has 1 heterocycles. The molecule has 1 fully saturated rings. The second kappa shape index (κ2) is 3.41. The van der Waals surface area contributed by atoms with Crippen molar-refractivity contribution in [2.45, 2.75) is 12.2 Å². The monoisotopic (exact) mass is 198 g/mol. The molecule has 0 aromatic carbocycles. The average Bonchev–Trinajstić information content (AvgIpc) is 2.31. The van der Waals surface area contributed by atoms with E-state index in [9.17, 15) is 18.0 Å². The van der Waals surface area contributed by atoms with Crippen LogP contribution in [0.3, 0.4) is 0 Å². The molecule has 1 amide bonds. The Bertz CT molecular complexity index is 207. The van der Waals surface area contributed by atoms with Gasteiger partial charge in [0.25, 0.3) is 0 Å². The summed E-state index contributed by atoms with van der Waals surface area (Å²) < 4.78 is 36.6. The van der Waals surface area contributed by atoms with Gasteiger partial charge in [0.2, 0.25) is 0 Å². The topological polar surface area (TPSA) is 61.4 Å². The largest absolute Gasteiger partial charge is 0.465 e. The third-order valence-electron chi connectivity index (χ3n) is 1.94.